The molecule has 0 amide bonds. The van der Waals surface area contributed by atoms with E-state index in [4.69, 9.17) is 19.8 Å². The van der Waals surface area contributed by atoms with Crippen molar-refractivity contribution in [3.05, 3.63) is 0 Å². The third-order valence-electron chi connectivity index (χ3n) is 0.387. The highest BCUT2D eigenvalue weighted by molar-refractivity contribution is 7.60. The molecule has 2 atom stereocenters. The van der Waals surface area contributed by atoms with E-state index in [1.807, 2.05) is 0 Å². The van der Waals surface area contributed by atoms with Gasteiger partial charge in [0.2, 0.25) is 0 Å². The van der Waals surface area contributed by atoms with E-state index in [1.54, 1.807) is 0 Å². The highest BCUT2D eigenvalue weighted by Crippen LogP contribution is 2.55. The van der Waals surface area contributed by atoms with Gasteiger partial charge in [0, 0.05) is 7.11 Å². The van der Waals surface area contributed by atoms with Crippen molar-refractivity contribution in [2.45, 2.75) is 0 Å². The molecule has 0 aliphatic carbocycles. The molecule has 0 bridgehead atoms. The van der Waals surface area contributed by atoms with Gasteiger partial charge < -0.3 is 19.8 Å². The summed E-state index contributed by atoms with van der Waals surface area (Å²) in [6.07, 6.45) is 0. The van der Waals surface area contributed by atoms with Gasteiger partial charge in [0.15, 0.2) is 0 Å². The van der Waals surface area contributed by atoms with Crippen molar-refractivity contribution < 1.29 is 42.1 Å². The summed E-state index contributed by atoms with van der Waals surface area (Å²) >= 11 is 0. The van der Waals surface area contributed by atoms with Crippen LogP contribution in [-0.2, 0) is 22.3 Å². The van der Waals surface area contributed by atoms with Crippen molar-refractivity contribution in [1.29, 1.82) is 0 Å². The zero-order chi connectivity index (χ0) is 11.1. The fourth-order valence-corrected chi connectivity index (χ4v) is 2.28. The van der Waals surface area contributed by atoms with Crippen LogP contribution in [0.3, 0.4) is 0 Å². The van der Waals surface area contributed by atoms with Gasteiger partial charge in [-0.15, -0.1) is 0 Å². The van der Waals surface area contributed by atoms with E-state index in [9.17, 15) is 13.7 Å². The fraction of sp³-hybridized carbons (Fsp3) is 1.00. The van der Waals surface area contributed by atoms with Gasteiger partial charge in [-0.2, -0.15) is 0 Å². The number of rotatable bonds is 4. The molecule has 0 spiro atoms. The Morgan fingerprint density at radius 2 is 1.31 bits per heavy atom. The van der Waals surface area contributed by atoms with Gasteiger partial charge in [-0.3, -0.25) is 9.13 Å². The summed E-state index contributed by atoms with van der Waals surface area (Å²) in [6.45, 7) is 0. The maximum Gasteiger partial charge on any atom is 0.486 e. The van der Waals surface area contributed by atoms with Gasteiger partial charge in [-0.25, -0.2) is 13.2 Å². The summed E-state index contributed by atoms with van der Waals surface area (Å²) in [4.78, 5) is 24.2. The highest BCUT2D eigenvalue weighted by atomic mass is 31.3. The topological polar surface area (TPSA) is 151 Å². The normalized spacial score (nSPS) is 19.2. The first-order chi connectivity index (χ1) is 5.83. The molecule has 4 N–H and O–H groups in total. The minimum absolute atomic E-state index is 1.00. The molecule has 0 radical (unpaired) electrons. The molecule has 0 saturated carbocycles. The lowest BCUT2D eigenvalue weighted by atomic mass is 11.8. The summed E-state index contributed by atoms with van der Waals surface area (Å²) in [6, 6.07) is 0. The Hall–Kier alpha value is 0.450. The summed E-state index contributed by atoms with van der Waals surface area (Å²) in [5, 5.41) is 7.00. The van der Waals surface area contributed by atoms with E-state index in [1.165, 1.54) is 0 Å². The molecule has 0 aromatic rings. The predicted molar refractivity (Wildman–Crippen MR) is 42.6 cm³/mol. The van der Waals surface area contributed by atoms with Crippen molar-refractivity contribution in [3.8, 4) is 0 Å². The van der Waals surface area contributed by atoms with E-state index >= 15 is 0 Å². The Labute approximate surface area is 74.5 Å². The molecule has 0 aliphatic rings. The molecule has 0 aliphatic heterocycles. The van der Waals surface area contributed by atoms with Crippen molar-refractivity contribution in [3.63, 3.8) is 0 Å². The van der Waals surface area contributed by atoms with Crippen molar-refractivity contribution in [2.24, 2.45) is 0 Å². The summed E-state index contributed by atoms with van der Waals surface area (Å²) in [5.41, 5.74) is 0. The van der Waals surface area contributed by atoms with Crippen LogP contribution in [-0.4, -0.2) is 26.9 Å². The molecule has 82 valence electrons. The van der Waals surface area contributed by atoms with Crippen molar-refractivity contribution >= 4 is 24.3 Å². The van der Waals surface area contributed by atoms with Crippen LogP contribution in [0.4, 0.5) is 0 Å². The lowest BCUT2D eigenvalue weighted by molar-refractivity contribution is 0.271. The quantitative estimate of drug-likeness (QED) is 0.488. The predicted octanol–water partition coefficient (Wildman–Crippen LogP) is -0.508. The summed E-state index contributed by atoms with van der Waals surface area (Å²) in [7, 11) is -11.2. The van der Waals surface area contributed by atoms with Crippen LogP contribution in [0.1, 0.15) is 0 Å². The maximum absolute atomic E-state index is 10.3. The minimum Gasteiger partial charge on any atom is -0.400 e. The number of aliphatic hydroxyl groups excluding tert-OH is 1. The van der Waals surface area contributed by atoms with Crippen LogP contribution >= 0.6 is 24.3 Å². The van der Waals surface area contributed by atoms with Gasteiger partial charge >= 0.3 is 24.3 Å². The van der Waals surface area contributed by atoms with E-state index in [0.717, 1.165) is 7.11 Å². The van der Waals surface area contributed by atoms with Crippen molar-refractivity contribution in [1.82, 2.24) is 0 Å². The smallest absolute Gasteiger partial charge is 0.400 e. The molecule has 12 heteroatoms. The number of hydrogen-bond donors (Lipinski definition) is 4. The van der Waals surface area contributed by atoms with E-state index in [-0.39, 0.29) is 0 Å². The fourth-order valence-electron chi connectivity index (χ4n) is 0.216. The highest BCUT2D eigenvalue weighted by Gasteiger charge is 2.25. The van der Waals surface area contributed by atoms with E-state index in [2.05, 4.69) is 8.62 Å². The third-order valence-corrected chi connectivity index (χ3v) is 3.48. The Morgan fingerprint density at radius 3 is 1.46 bits per heavy atom. The largest absolute Gasteiger partial charge is 0.486 e. The van der Waals surface area contributed by atoms with Gasteiger partial charge in [0.05, 0.1) is 0 Å². The maximum atomic E-state index is 10.3. The SMILES string of the molecule is CO.O=[PH](O)OP(=O)(O)O[PH](=O)O. The lowest BCUT2D eigenvalue weighted by Crippen LogP contribution is -1.81. The molecule has 0 heterocycles. The third kappa shape index (κ3) is 12.4. The van der Waals surface area contributed by atoms with Gasteiger partial charge in [-0.1, -0.05) is 0 Å². The zero-order valence-electron chi connectivity index (χ0n) is 6.28. The number of hydrogen-bond acceptors (Lipinski definition) is 6. The molecular weight excluding hydrogens is 249 g/mol. The first-order valence-electron chi connectivity index (χ1n) is 2.46. The summed E-state index contributed by atoms with van der Waals surface area (Å²) in [5.74, 6) is 0. The van der Waals surface area contributed by atoms with Crippen molar-refractivity contribution in [2.75, 3.05) is 7.11 Å². The first kappa shape index (κ1) is 15.9. The monoisotopic (exact) mass is 258 g/mol. The average Bonchev–Trinajstić information content (AvgIpc) is 1.85. The van der Waals surface area contributed by atoms with Gasteiger partial charge in [-0.05, 0) is 0 Å². The molecular formula is CH9O9P3. The molecule has 0 fully saturated rings. The number of phosphoric acid groups is 1. The Bertz CT molecular complexity index is 201. The molecule has 9 nitrogen and oxygen atoms in total. The lowest BCUT2D eigenvalue weighted by Gasteiger charge is -2.05. The second-order valence-electron chi connectivity index (χ2n) is 1.18. The van der Waals surface area contributed by atoms with Crippen LogP contribution in [0.15, 0.2) is 0 Å². The second kappa shape index (κ2) is 7.82. The van der Waals surface area contributed by atoms with E-state index < -0.39 is 24.3 Å². The van der Waals surface area contributed by atoms with Crippen LogP contribution in [0.5, 0.6) is 0 Å². The molecule has 2 unspecified atom stereocenters. The van der Waals surface area contributed by atoms with Crippen LogP contribution in [0.2, 0.25) is 0 Å². The standard InChI is InChI=1S/CH4O.H5O8P3/c1-2;1-9(2)7-11(5,6)8-10(3)4/h2H,1H3;9-10H,(H,1,2)(H,3,4)(H,5,6). The summed E-state index contributed by atoms with van der Waals surface area (Å²) < 4.78 is 36.6. The Balaban J connectivity index is 0. The first-order valence-corrected chi connectivity index (χ1v) is 6.48. The molecule has 0 aromatic heterocycles. The van der Waals surface area contributed by atoms with Crippen LogP contribution in [0.25, 0.3) is 0 Å². The second-order valence-corrected chi connectivity index (χ2v) is 4.64. The van der Waals surface area contributed by atoms with Crippen LogP contribution in [0, 0.1) is 0 Å². The molecule has 0 rings (SSSR count). The molecule has 0 aromatic carbocycles. The Kier molecular flexibility index (Phi) is 9.56. The Morgan fingerprint density at radius 1 is 1.08 bits per heavy atom. The minimum atomic E-state index is -4.84. The molecule has 0 saturated heterocycles. The molecule has 13 heavy (non-hydrogen) atoms. The van der Waals surface area contributed by atoms with Crippen LogP contribution < -0.4 is 0 Å². The van der Waals surface area contributed by atoms with Gasteiger partial charge in [0.1, 0.15) is 0 Å². The average molecular weight is 258 g/mol. The number of aliphatic hydroxyl groups is 1. The van der Waals surface area contributed by atoms with E-state index in [0.29, 0.717) is 0 Å². The zero-order valence-corrected chi connectivity index (χ0v) is 9.17. The van der Waals surface area contributed by atoms with Gasteiger partial charge in [0.25, 0.3) is 0 Å².